The van der Waals surface area contributed by atoms with Gasteiger partial charge in [-0.05, 0) is 94.8 Å². The van der Waals surface area contributed by atoms with Crippen LogP contribution in [-0.2, 0) is 37.6 Å². The van der Waals surface area contributed by atoms with Crippen LogP contribution in [0.2, 0.25) is 0 Å². The second kappa shape index (κ2) is 15.8. The van der Waals surface area contributed by atoms with E-state index in [0.717, 1.165) is 11.1 Å². The number of hydrogen-bond donors (Lipinski definition) is 2. The lowest BCUT2D eigenvalue weighted by Gasteiger charge is -2.27. The molecule has 288 valence electrons. The van der Waals surface area contributed by atoms with Crippen LogP contribution < -0.4 is 0 Å². The third kappa shape index (κ3) is 8.80. The summed E-state index contributed by atoms with van der Waals surface area (Å²) < 4.78 is 66.7. The first-order valence-electron chi connectivity index (χ1n) is 18.0. The molecule has 6 rings (SSSR count). The largest absolute Gasteiger partial charge is 0.445 e. The first-order chi connectivity index (χ1) is 26.0. The molecule has 2 atom stereocenters. The molecule has 0 aromatic heterocycles. The molecule has 2 unspecified atom stereocenters. The summed E-state index contributed by atoms with van der Waals surface area (Å²) in [6.07, 6.45) is 0. The van der Waals surface area contributed by atoms with Crippen molar-refractivity contribution in [2.24, 2.45) is 0 Å². The van der Waals surface area contributed by atoms with Gasteiger partial charge in [0.25, 0.3) is 0 Å². The van der Waals surface area contributed by atoms with Gasteiger partial charge in [-0.2, -0.15) is 0 Å². The van der Waals surface area contributed by atoms with Crippen LogP contribution in [0.1, 0.15) is 52.7 Å². The normalized spacial score (nSPS) is 15.3. The van der Waals surface area contributed by atoms with Gasteiger partial charge < -0.3 is 0 Å². The van der Waals surface area contributed by atoms with Crippen LogP contribution in [0.5, 0.6) is 0 Å². The number of benzene rings is 6. The van der Waals surface area contributed by atoms with E-state index < -0.39 is 45.9 Å². The van der Waals surface area contributed by atoms with E-state index >= 15 is 0 Å². The van der Waals surface area contributed by atoms with Crippen LogP contribution in [0.25, 0.3) is 0 Å². The van der Waals surface area contributed by atoms with E-state index in [2.05, 4.69) is 41.5 Å². The van der Waals surface area contributed by atoms with E-state index in [1.807, 2.05) is 170 Å². The molecule has 0 radical (unpaired) electrons. The Hall–Kier alpha value is -4.16. The predicted octanol–water partition coefficient (Wildman–Crippen LogP) is 12.6. The highest BCUT2D eigenvalue weighted by atomic mass is 32.3. The van der Waals surface area contributed by atoms with Gasteiger partial charge in [0.05, 0.1) is 29.4 Å². The molecule has 0 saturated heterocycles. The maximum absolute atomic E-state index is 14.8. The molecule has 0 spiro atoms. The van der Waals surface area contributed by atoms with Crippen LogP contribution in [0.3, 0.4) is 0 Å². The smallest absolute Gasteiger partial charge is 0.244 e. The zero-order chi connectivity index (χ0) is 39.5. The lowest BCUT2D eigenvalue weighted by atomic mass is 9.87. The topological polar surface area (TPSA) is 97.2 Å². The van der Waals surface area contributed by atoms with Gasteiger partial charge in [0, 0.05) is 0 Å². The molecule has 0 amide bonds. The van der Waals surface area contributed by atoms with Gasteiger partial charge in [-0.25, -0.2) is 9.11 Å². The molecule has 0 aliphatic rings. The van der Waals surface area contributed by atoms with Gasteiger partial charge in [-0.3, -0.25) is 0 Å². The van der Waals surface area contributed by atoms with Gasteiger partial charge in [0.15, 0.2) is 20.6 Å². The number of rotatable bonds is 10. The van der Waals surface area contributed by atoms with Crippen molar-refractivity contribution in [3.8, 4) is 0 Å². The molecule has 10 heteroatoms. The van der Waals surface area contributed by atoms with Crippen molar-refractivity contribution in [3.05, 3.63) is 181 Å². The maximum Gasteiger partial charge on any atom is 0.445 e. The second-order valence-electron chi connectivity index (χ2n) is 15.3. The van der Waals surface area contributed by atoms with Crippen molar-refractivity contribution in [2.45, 2.75) is 81.7 Å². The minimum atomic E-state index is -4.57. The summed E-state index contributed by atoms with van der Waals surface area (Å²) in [5.41, 5.74) is 1.89. The Morgan fingerprint density at radius 1 is 0.382 bits per heavy atom. The monoisotopic (exact) mass is 814 g/mol. The summed E-state index contributed by atoms with van der Waals surface area (Å²) in [5.74, 6) is 0. The molecule has 6 aromatic rings. The van der Waals surface area contributed by atoms with Crippen LogP contribution >= 0.6 is 20.6 Å². The van der Waals surface area contributed by atoms with Gasteiger partial charge in [-0.1, -0.05) is 139 Å². The molecule has 0 fully saturated rings. The van der Waals surface area contributed by atoms with E-state index in [4.69, 9.17) is 6.57 Å². The molecular weight excluding hydrogens is 765 g/mol. The lowest BCUT2D eigenvalue weighted by molar-refractivity contribution is 0.345. The first-order valence-corrected chi connectivity index (χ1v) is 24.3. The Bertz CT molecular complexity index is 2200. The van der Waals surface area contributed by atoms with Gasteiger partial charge in [0.2, 0.25) is 0 Å². The van der Waals surface area contributed by atoms with Gasteiger partial charge in [0.1, 0.15) is 0 Å². The molecule has 2 N–H and O–H groups in total. The SMILES string of the molecule is CC(C)(C)c1ccc(S([O+]=S(=O)(O)CS(=O)(O)=[O+]S(c2ccccc2)(c2ccccc2)c2ccc(C(C)(C)C)cc2)(c2ccccc2)c2ccccc2)cc1. The van der Waals surface area contributed by atoms with E-state index in [1.54, 1.807) is 0 Å². The summed E-state index contributed by atoms with van der Waals surface area (Å²) >= 11 is 0. The number of hydrogen-bond acceptors (Lipinski definition) is 2. The average molecular weight is 815 g/mol. The Balaban J connectivity index is 1.62. The van der Waals surface area contributed by atoms with Crippen molar-refractivity contribution >= 4 is 40.9 Å². The zero-order valence-corrected chi connectivity index (χ0v) is 35.3. The third-order valence-electron chi connectivity index (χ3n) is 9.12. The maximum atomic E-state index is 14.8. The highest BCUT2D eigenvalue weighted by Crippen LogP contribution is 2.69. The Kier molecular flexibility index (Phi) is 11.6. The highest BCUT2D eigenvalue weighted by Gasteiger charge is 2.50. The second-order valence-corrected chi connectivity index (χ2v) is 24.7. The standard InChI is InChI=1S/C45H48O6S4/c1-44(2,3)36-27-31-42(32-28-36)54(38-19-11-7-12-20-38,39-21-13-8-14-22-39)50-52(46,47)35-53(48,49)51-55(40-23-15-9-16-24-40,41-25-17-10-18-26-41)43-33-29-37(30-34-43)45(4,5)6/h7-34H,35H2,1-6H3/p+2. The molecule has 55 heavy (non-hydrogen) atoms. The quantitative estimate of drug-likeness (QED) is 0.106. The fourth-order valence-corrected chi connectivity index (χ4v) is 18.1. The predicted molar refractivity (Wildman–Crippen MR) is 229 cm³/mol. The summed E-state index contributed by atoms with van der Waals surface area (Å²) in [6, 6.07) is 53.0. The minimum Gasteiger partial charge on any atom is -0.244 e. The van der Waals surface area contributed by atoms with Crippen molar-refractivity contribution < 1.29 is 24.1 Å². The molecular formula is C45H50O6S4+2. The fourth-order valence-electron chi connectivity index (χ4n) is 6.34. The van der Waals surface area contributed by atoms with Crippen LogP contribution in [0, 0.1) is 0 Å². The van der Waals surface area contributed by atoms with Crippen LogP contribution in [0.4, 0.5) is 0 Å². The van der Waals surface area contributed by atoms with E-state index in [0.29, 0.717) is 29.4 Å². The summed E-state index contributed by atoms with van der Waals surface area (Å²) in [5, 5.41) is -1.19. The minimum absolute atomic E-state index is 0.138. The molecule has 0 bridgehead atoms. The Morgan fingerprint density at radius 2 is 0.600 bits per heavy atom. The molecule has 6 nitrogen and oxygen atoms in total. The fraction of sp³-hybridized carbons (Fsp3) is 0.200. The molecule has 0 aliphatic carbocycles. The molecule has 6 aromatic carbocycles. The molecule has 0 aliphatic heterocycles. The van der Waals surface area contributed by atoms with Crippen LogP contribution in [-0.4, -0.2) is 22.6 Å². The lowest BCUT2D eigenvalue weighted by Crippen LogP contribution is -2.21. The van der Waals surface area contributed by atoms with Crippen molar-refractivity contribution in [1.29, 1.82) is 0 Å². The summed E-state index contributed by atoms with van der Waals surface area (Å²) in [4.78, 5) is 3.96. The van der Waals surface area contributed by atoms with Crippen molar-refractivity contribution in [3.63, 3.8) is 0 Å². The zero-order valence-electron chi connectivity index (χ0n) is 32.0. The highest BCUT2D eigenvalue weighted by molar-refractivity contribution is 8.32. The van der Waals surface area contributed by atoms with Crippen molar-refractivity contribution in [1.82, 2.24) is 0 Å². The summed E-state index contributed by atoms with van der Waals surface area (Å²) in [6.45, 7) is 12.7. The van der Waals surface area contributed by atoms with Gasteiger partial charge >= 0.3 is 25.3 Å². The van der Waals surface area contributed by atoms with Crippen LogP contribution in [0.15, 0.2) is 199 Å². The molecule has 0 heterocycles. The van der Waals surface area contributed by atoms with Gasteiger partial charge in [-0.15, -0.1) is 15.0 Å². The first kappa shape index (κ1) is 40.5. The average Bonchev–Trinajstić information content (AvgIpc) is 3.16. The third-order valence-corrected chi connectivity index (χ3v) is 20.5. The Morgan fingerprint density at radius 3 is 0.818 bits per heavy atom. The summed E-state index contributed by atoms with van der Waals surface area (Å²) in [7, 11) is -15.1. The van der Waals surface area contributed by atoms with E-state index in [1.165, 1.54) is 0 Å². The van der Waals surface area contributed by atoms with E-state index in [-0.39, 0.29) is 10.8 Å². The molecule has 0 saturated carbocycles. The van der Waals surface area contributed by atoms with E-state index in [9.17, 15) is 17.5 Å². The van der Waals surface area contributed by atoms with Crippen molar-refractivity contribution in [2.75, 3.05) is 5.08 Å². The Labute approximate surface area is 330 Å².